The summed E-state index contributed by atoms with van der Waals surface area (Å²) >= 11 is 0. The maximum absolute atomic E-state index is 13.4. The van der Waals surface area contributed by atoms with Crippen LogP contribution in [0, 0.1) is 6.92 Å². The Labute approximate surface area is 176 Å². The third kappa shape index (κ3) is 3.82. The normalized spacial score (nSPS) is 16.8. The van der Waals surface area contributed by atoms with Crippen LogP contribution < -0.4 is 5.56 Å². The molecule has 0 bridgehead atoms. The molecule has 1 aliphatic rings. The van der Waals surface area contributed by atoms with Crippen LogP contribution >= 0.6 is 0 Å². The molecule has 1 amide bonds. The first kappa shape index (κ1) is 20.1. The summed E-state index contributed by atoms with van der Waals surface area (Å²) < 4.78 is 1.58. The van der Waals surface area contributed by atoms with Gasteiger partial charge in [0, 0.05) is 43.3 Å². The summed E-state index contributed by atoms with van der Waals surface area (Å²) in [6, 6.07) is 9.79. The largest absolute Gasteiger partial charge is 0.348 e. The van der Waals surface area contributed by atoms with Gasteiger partial charge in [-0.3, -0.25) is 14.2 Å². The van der Waals surface area contributed by atoms with Crippen molar-refractivity contribution < 1.29 is 4.79 Å². The van der Waals surface area contributed by atoms with E-state index in [1.54, 1.807) is 28.1 Å². The molecule has 3 heterocycles. The Kier molecular flexibility index (Phi) is 5.57. The maximum Gasteiger partial charge on any atom is 0.268 e. The van der Waals surface area contributed by atoms with Crippen molar-refractivity contribution in [2.24, 2.45) is 0 Å². The van der Waals surface area contributed by atoms with Crippen molar-refractivity contribution in [3.8, 4) is 5.69 Å². The van der Waals surface area contributed by atoms with Crippen molar-refractivity contribution in [3.05, 3.63) is 81.8 Å². The molecule has 3 aromatic rings. The number of rotatable bonds is 4. The van der Waals surface area contributed by atoms with Gasteiger partial charge in [-0.15, -0.1) is 0 Å². The zero-order valence-electron chi connectivity index (χ0n) is 17.8. The van der Waals surface area contributed by atoms with Gasteiger partial charge in [0.2, 0.25) is 0 Å². The average Bonchev–Trinajstić information content (AvgIpc) is 3.29. The molecule has 30 heavy (non-hydrogen) atoms. The molecule has 1 fully saturated rings. The smallest absolute Gasteiger partial charge is 0.268 e. The van der Waals surface area contributed by atoms with Crippen LogP contribution in [0.1, 0.15) is 65.8 Å². The predicted octanol–water partition coefficient (Wildman–Crippen LogP) is 4.01. The molecule has 0 spiro atoms. The fourth-order valence-electron chi connectivity index (χ4n) is 4.17. The number of carbonyl (C=O) groups excluding carboxylic acids is 1. The molecule has 1 atom stereocenters. The van der Waals surface area contributed by atoms with Crippen LogP contribution in [-0.4, -0.2) is 38.4 Å². The molecule has 6 heteroatoms. The fourth-order valence-corrected chi connectivity index (χ4v) is 4.17. The van der Waals surface area contributed by atoms with E-state index in [1.165, 1.54) is 0 Å². The Balaban J connectivity index is 1.67. The summed E-state index contributed by atoms with van der Waals surface area (Å²) in [6.45, 7) is 7.31. The van der Waals surface area contributed by atoms with Gasteiger partial charge in [0.15, 0.2) is 0 Å². The predicted molar refractivity (Wildman–Crippen MR) is 117 cm³/mol. The average molecular weight is 405 g/mol. The van der Waals surface area contributed by atoms with E-state index < -0.39 is 0 Å². The standard InChI is InChI=1S/C24H28N4O2/c1-16(2)18-6-4-8-20(14-18)28-13-9-17(3)21(24(28)30)23(29)27-12-5-7-19(15-27)22-25-10-11-26-22/h4,6,8-11,13-14,16,19H,5,7,12,15H2,1-3H3,(H,25,26). The Morgan fingerprint density at radius 1 is 1.27 bits per heavy atom. The van der Waals surface area contributed by atoms with Crippen LogP contribution in [0.5, 0.6) is 0 Å². The molecule has 1 N–H and O–H groups in total. The van der Waals surface area contributed by atoms with E-state index in [9.17, 15) is 9.59 Å². The number of piperidine rings is 1. The molecule has 2 aromatic heterocycles. The zero-order valence-corrected chi connectivity index (χ0v) is 17.8. The second kappa shape index (κ2) is 8.30. The Bertz CT molecular complexity index is 1100. The number of pyridine rings is 1. The Hall–Kier alpha value is -3.15. The van der Waals surface area contributed by atoms with Crippen LogP contribution in [0.4, 0.5) is 0 Å². The number of aromatic amines is 1. The van der Waals surface area contributed by atoms with Crippen molar-refractivity contribution >= 4 is 5.91 Å². The lowest BCUT2D eigenvalue weighted by Gasteiger charge is -2.32. The third-order valence-electron chi connectivity index (χ3n) is 5.94. The molecule has 1 aliphatic heterocycles. The number of hydrogen-bond donors (Lipinski definition) is 1. The number of aromatic nitrogens is 3. The summed E-state index contributed by atoms with van der Waals surface area (Å²) in [5, 5.41) is 0. The minimum absolute atomic E-state index is 0.173. The molecule has 0 saturated carbocycles. The molecule has 156 valence electrons. The number of benzene rings is 1. The number of hydrogen-bond acceptors (Lipinski definition) is 3. The number of nitrogens with zero attached hydrogens (tertiary/aromatic N) is 3. The van der Waals surface area contributed by atoms with E-state index in [4.69, 9.17) is 0 Å². The van der Waals surface area contributed by atoms with E-state index >= 15 is 0 Å². The molecule has 1 aromatic carbocycles. The lowest BCUT2D eigenvalue weighted by atomic mass is 9.96. The number of nitrogens with one attached hydrogen (secondary N) is 1. The van der Waals surface area contributed by atoms with Gasteiger partial charge in [0.25, 0.3) is 11.5 Å². The van der Waals surface area contributed by atoms with Crippen LogP contribution in [0.2, 0.25) is 0 Å². The topological polar surface area (TPSA) is 71.0 Å². The summed E-state index contributed by atoms with van der Waals surface area (Å²) in [6.07, 6.45) is 7.18. The van der Waals surface area contributed by atoms with Crippen molar-refractivity contribution in [2.45, 2.75) is 45.4 Å². The van der Waals surface area contributed by atoms with E-state index in [-0.39, 0.29) is 22.9 Å². The number of amides is 1. The quantitative estimate of drug-likeness (QED) is 0.714. The van der Waals surface area contributed by atoms with Gasteiger partial charge >= 0.3 is 0 Å². The van der Waals surface area contributed by atoms with Crippen molar-refractivity contribution in [1.82, 2.24) is 19.4 Å². The molecule has 4 rings (SSSR count). The minimum atomic E-state index is -0.263. The van der Waals surface area contributed by atoms with Crippen molar-refractivity contribution in [2.75, 3.05) is 13.1 Å². The minimum Gasteiger partial charge on any atom is -0.348 e. The Morgan fingerprint density at radius 3 is 2.83 bits per heavy atom. The highest BCUT2D eigenvalue weighted by atomic mass is 16.2. The highest BCUT2D eigenvalue weighted by Crippen LogP contribution is 2.25. The first-order chi connectivity index (χ1) is 14.5. The number of H-pyrrole nitrogens is 1. The second-order valence-corrected chi connectivity index (χ2v) is 8.36. The zero-order chi connectivity index (χ0) is 21.3. The molecule has 0 radical (unpaired) electrons. The fraction of sp³-hybridized carbons (Fsp3) is 0.375. The molecule has 0 aliphatic carbocycles. The van der Waals surface area contributed by atoms with Gasteiger partial charge in [-0.05, 0) is 55.0 Å². The third-order valence-corrected chi connectivity index (χ3v) is 5.94. The number of likely N-dealkylation sites (tertiary alicyclic amines) is 1. The molecular formula is C24H28N4O2. The van der Waals surface area contributed by atoms with Gasteiger partial charge in [-0.25, -0.2) is 4.98 Å². The lowest BCUT2D eigenvalue weighted by molar-refractivity contribution is 0.0702. The van der Waals surface area contributed by atoms with E-state index in [1.807, 2.05) is 31.2 Å². The molecular weight excluding hydrogens is 376 g/mol. The summed E-state index contributed by atoms with van der Waals surface area (Å²) in [4.78, 5) is 36.1. The van der Waals surface area contributed by atoms with Crippen LogP contribution in [0.25, 0.3) is 5.69 Å². The maximum atomic E-state index is 13.4. The Morgan fingerprint density at radius 2 is 2.10 bits per heavy atom. The monoisotopic (exact) mass is 404 g/mol. The van der Waals surface area contributed by atoms with Gasteiger partial charge in [0.1, 0.15) is 11.4 Å². The number of carbonyl (C=O) groups is 1. The lowest BCUT2D eigenvalue weighted by Crippen LogP contribution is -2.42. The van der Waals surface area contributed by atoms with Crippen LogP contribution in [0.3, 0.4) is 0 Å². The van der Waals surface area contributed by atoms with Gasteiger partial charge in [0.05, 0.1) is 0 Å². The molecule has 1 unspecified atom stereocenters. The van der Waals surface area contributed by atoms with Crippen molar-refractivity contribution in [1.29, 1.82) is 0 Å². The first-order valence-corrected chi connectivity index (χ1v) is 10.6. The highest BCUT2D eigenvalue weighted by Gasteiger charge is 2.29. The number of aryl methyl sites for hydroxylation is 1. The summed E-state index contributed by atoms with van der Waals surface area (Å²) in [7, 11) is 0. The van der Waals surface area contributed by atoms with E-state index in [0.717, 1.165) is 29.9 Å². The highest BCUT2D eigenvalue weighted by molar-refractivity contribution is 5.95. The van der Waals surface area contributed by atoms with Gasteiger partial charge < -0.3 is 9.88 Å². The van der Waals surface area contributed by atoms with Gasteiger partial charge in [-0.1, -0.05) is 26.0 Å². The first-order valence-electron chi connectivity index (χ1n) is 10.6. The summed E-state index contributed by atoms with van der Waals surface area (Å²) in [5.41, 5.74) is 2.65. The van der Waals surface area contributed by atoms with Gasteiger partial charge in [-0.2, -0.15) is 0 Å². The SMILES string of the molecule is Cc1ccn(-c2cccc(C(C)C)c2)c(=O)c1C(=O)N1CCCC(c2ncc[nH]2)C1. The molecule has 1 saturated heterocycles. The second-order valence-electron chi connectivity index (χ2n) is 8.36. The molecule has 6 nitrogen and oxygen atoms in total. The van der Waals surface area contributed by atoms with Crippen LogP contribution in [-0.2, 0) is 0 Å². The van der Waals surface area contributed by atoms with Crippen molar-refractivity contribution in [3.63, 3.8) is 0 Å². The number of imidazole rings is 1. The van der Waals surface area contributed by atoms with Crippen LogP contribution in [0.15, 0.2) is 53.7 Å². The van der Waals surface area contributed by atoms with E-state index in [2.05, 4.69) is 29.9 Å². The van der Waals surface area contributed by atoms with E-state index in [0.29, 0.717) is 24.6 Å². The summed E-state index contributed by atoms with van der Waals surface area (Å²) in [5.74, 6) is 1.24.